The third-order valence-electron chi connectivity index (χ3n) is 5.83. The summed E-state index contributed by atoms with van der Waals surface area (Å²) in [7, 11) is -1.52. The van der Waals surface area contributed by atoms with E-state index in [1.54, 1.807) is 31.4 Å². The van der Waals surface area contributed by atoms with Crippen LogP contribution in [0, 0.1) is 6.92 Å². The third-order valence-corrected chi connectivity index (χ3v) is 6.78. The molecule has 8 nitrogen and oxygen atoms in total. The Morgan fingerprint density at radius 1 is 1.06 bits per heavy atom. The highest BCUT2D eigenvalue weighted by Crippen LogP contribution is 2.32. The molecule has 0 fully saturated rings. The zero-order valence-electron chi connectivity index (χ0n) is 19.9. The number of nitrogens with one attached hydrogen (secondary N) is 1. The van der Waals surface area contributed by atoms with Crippen molar-refractivity contribution in [2.75, 3.05) is 18.6 Å². The Kier molecular flexibility index (Phi) is 8.24. The number of aromatic nitrogens is 1. The highest BCUT2D eigenvalue weighted by molar-refractivity contribution is 7.90. The summed E-state index contributed by atoms with van der Waals surface area (Å²) in [6.07, 6.45) is 3.12. The standard InChI is InChI=1S/C26H29N3O5S/c1-18-6-4-5-7-22(18)23(16-24(28-32)21-12-13-25(30)29(2)17-21)19-8-10-20(11-9-19)26(31)27-14-15-35(3,33)34/h4-13,17,23,32H,14-16H2,1-3H3,(H,27,31)/b28-24+. The molecule has 0 aliphatic carbocycles. The van der Waals surface area contributed by atoms with Gasteiger partial charge in [-0.2, -0.15) is 0 Å². The summed E-state index contributed by atoms with van der Waals surface area (Å²) in [5, 5.41) is 16.0. The molecule has 1 aromatic heterocycles. The van der Waals surface area contributed by atoms with Gasteiger partial charge in [0, 0.05) is 55.6 Å². The molecule has 2 N–H and O–H groups in total. The minimum absolute atomic E-state index is 0.0428. The van der Waals surface area contributed by atoms with Crippen LogP contribution in [0.1, 0.15) is 45.0 Å². The first kappa shape index (κ1) is 25.9. The maximum absolute atomic E-state index is 12.4. The van der Waals surface area contributed by atoms with Crippen molar-refractivity contribution in [2.45, 2.75) is 19.3 Å². The first-order chi connectivity index (χ1) is 16.6. The fraction of sp³-hybridized carbons (Fsp3) is 0.269. The van der Waals surface area contributed by atoms with Gasteiger partial charge in [0.05, 0.1) is 11.5 Å². The van der Waals surface area contributed by atoms with Gasteiger partial charge in [0.25, 0.3) is 5.91 Å². The van der Waals surface area contributed by atoms with Crippen molar-refractivity contribution in [3.8, 4) is 0 Å². The lowest BCUT2D eigenvalue weighted by Gasteiger charge is -2.21. The van der Waals surface area contributed by atoms with E-state index in [4.69, 9.17) is 0 Å². The average molecular weight is 496 g/mol. The van der Waals surface area contributed by atoms with E-state index >= 15 is 0 Å². The Morgan fingerprint density at radius 2 is 1.71 bits per heavy atom. The van der Waals surface area contributed by atoms with E-state index in [9.17, 15) is 23.2 Å². The monoisotopic (exact) mass is 495 g/mol. The molecule has 3 rings (SSSR count). The zero-order valence-corrected chi connectivity index (χ0v) is 20.7. The number of benzene rings is 2. The van der Waals surface area contributed by atoms with Crippen molar-refractivity contribution in [1.82, 2.24) is 9.88 Å². The third kappa shape index (κ3) is 6.89. The molecule has 1 atom stereocenters. The maximum atomic E-state index is 12.4. The molecule has 35 heavy (non-hydrogen) atoms. The zero-order chi connectivity index (χ0) is 25.6. The Morgan fingerprint density at radius 3 is 2.31 bits per heavy atom. The van der Waals surface area contributed by atoms with Gasteiger partial charge in [0.1, 0.15) is 9.84 Å². The van der Waals surface area contributed by atoms with Crippen LogP contribution >= 0.6 is 0 Å². The number of amides is 1. The topological polar surface area (TPSA) is 118 Å². The molecular weight excluding hydrogens is 466 g/mol. The van der Waals surface area contributed by atoms with E-state index < -0.39 is 9.84 Å². The second kappa shape index (κ2) is 11.1. The molecule has 1 amide bonds. The maximum Gasteiger partial charge on any atom is 0.251 e. The van der Waals surface area contributed by atoms with Gasteiger partial charge in [-0.15, -0.1) is 0 Å². The number of aryl methyl sites for hydroxylation is 2. The van der Waals surface area contributed by atoms with E-state index in [0.717, 1.165) is 22.9 Å². The lowest BCUT2D eigenvalue weighted by atomic mass is 9.83. The molecular formula is C26H29N3O5S. The van der Waals surface area contributed by atoms with Gasteiger partial charge in [0.2, 0.25) is 5.56 Å². The smallest absolute Gasteiger partial charge is 0.251 e. The van der Waals surface area contributed by atoms with Crippen LogP contribution in [0.4, 0.5) is 0 Å². The van der Waals surface area contributed by atoms with Crippen LogP contribution in [-0.4, -0.2) is 48.4 Å². The van der Waals surface area contributed by atoms with Crippen LogP contribution in [0.25, 0.3) is 0 Å². The van der Waals surface area contributed by atoms with E-state index in [0.29, 0.717) is 23.3 Å². The van der Waals surface area contributed by atoms with Crippen molar-refractivity contribution in [2.24, 2.45) is 12.2 Å². The number of sulfone groups is 1. The number of oxime groups is 1. The number of hydrogen-bond donors (Lipinski definition) is 2. The summed E-state index contributed by atoms with van der Waals surface area (Å²) in [5.74, 6) is -0.655. The highest BCUT2D eigenvalue weighted by atomic mass is 32.2. The number of rotatable bonds is 9. The first-order valence-electron chi connectivity index (χ1n) is 11.1. The minimum Gasteiger partial charge on any atom is -0.411 e. The molecule has 1 unspecified atom stereocenters. The molecule has 0 bridgehead atoms. The van der Waals surface area contributed by atoms with E-state index in [1.165, 1.54) is 10.6 Å². The Balaban J connectivity index is 1.90. The fourth-order valence-electron chi connectivity index (χ4n) is 3.88. The summed E-state index contributed by atoms with van der Waals surface area (Å²) in [4.78, 5) is 24.2. The molecule has 184 valence electrons. The van der Waals surface area contributed by atoms with Gasteiger partial charge < -0.3 is 15.1 Å². The summed E-state index contributed by atoms with van der Waals surface area (Å²) in [5.41, 5.74) is 4.35. The highest BCUT2D eigenvalue weighted by Gasteiger charge is 2.21. The predicted octanol–water partition coefficient (Wildman–Crippen LogP) is 2.87. The van der Waals surface area contributed by atoms with Crippen LogP contribution in [0.15, 0.2) is 76.8 Å². The molecule has 3 aromatic rings. The summed E-state index contributed by atoms with van der Waals surface area (Å²) < 4.78 is 24.0. The lowest BCUT2D eigenvalue weighted by Crippen LogP contribution is -2.28. The van der Waals surface area contributed by atoms with E-state index in [1.807, 2.05) is 43.3 Å². The van der Waals surface area contributed by atoms with Crippen LogP contribution in [-0.2, 0) is 16.9 Å². The SMILES string of the molecule is Cc1ccccc1C(C/C(=N\O)c1ccc(=O)n(C)c1)c1ccc(C(=O)NCCS(C)(=O)=O)cc1. The largest absolute Gasteiger partial charge is 0.411 e. The van der Waals surface area contributed by atoms with Crippen molar-refractivity contribution < 1.29 is 18.4 Å². The minimum atomic E-state index is -3.16. The molecule has 0 aliphatic heterocycles. The number of carbonyl (C=O) groups is 1. The predicted molar refractivity (Wildman–Crippen MR) is 136 cm³/mol. The molecule has 1 heterocycles. The van der Waals surface area contributed by atoms with Crippen molar-refractivity contribution in [3.63, 3.8) is 0 Å². The molecule has 9 heteroatoms. The number of carbonyl (C=O) groups excluding carboxylic acids is 1. The molecule has 0 spiro atoms. The van der Waals surface area contributed by atoms with Gasteiger partial charge in [-0.1, -0.05) is 41.6 Å². The normalized spacial score (nSPS) is 12.8. The number of pyridine rings is 1. The Hall–Kier alpha value is -3.72. The molecule has 0 radical (unpaired) electrons. The summed E-state index contributed by atoms with van der Waals surface area (Å²) in [6, 6.07) is 18.1. The lowest BCUT2D eigenvalue weighted by molar-refractivity contribution is 0.0956. The van der Waals surface area contributed by atoms with Crippen molar-refractivity contribution >= 4 is 21.5 Å². The van der Waals surface area contributed by atoms with Gasteiger partial charge in [-0.3, -0.25) is 9.59 Å². The molecule has 0 saturated carbocycles. The number of nitrogens with zero attached hydrogens (tertiary/aromatic N) is 2. The average Bonchev–Trinajstić information content (AvgIpc) is 2.82. The molecule has 0 aliphatic rings. The Bertz CT molecular complexity index is 1390. The molecule has 2 aromatic carbocycles. The Labute approximate surface area is 204 Å². The van der Waals surface area contributed by atoms with Crippen LogP contribution in [0.2, 0.25) is 0 Å². The van der Waals surface area contributed by atoms with Crippen molar-refractivity contribution in [3.05, 3.63) is 105 Å². The van der Waals surface area contributed by atoms with Gasteiger partial charge in [0.15, 0.2) is 0 Å². The number of hydrogen-bond acceptors (Lipinski definition) is 6. The summed E-state index contributed by atoms with van der Waals surface area (Å²) in [6.45, 7) is 2.05. The fourth-order valence-corrected chi connectivity index (χ4v) is 4.35. The summed E-state index contributed by atoms with van der Waals surface area (Å²) >= 11 is 0. The van der Waals surface area contributed by atoms with Crippen LogP contribution < -0.4 is 10.9 Å². The van der Waals surface area contributed by atoms with Crippen molar-refractivity contribution in [1.29, 1.82) is 0 Å². The quantitative estimate of drug-likeness (QED) is 0.269. The van der Waals surface area contributed by atoms with Gasteiger partial charge >= 0.3 is 0 Å². The van der Waals surface area contributed by atoms with Gasteiger partial charge in [-0.25, -0.2) is 8.42 Å². The first-order valence-corrected chi connectivity index (χ1v) is 13.1. The van der Waals surface area contributed by atoms with Gasteiger partial charge in [-0.05, 0) is 41.8 Å². The van der Waals surface area contributed by atoms with E-state index in [-0.39, 0.29) is 29.7 Å². The second-order valence-corrected chi connectivity index (χ2v) is 10.8. The van der Waals surface area contributed by atoms with Crippen LogP contribution in [0.5, 0.6) is 0 Å². The van der Waals surface area contributed by atoms with Crippen LogP contribution in [0.3, 0.4) is 0 Å². The molecule has 0 saturated heterocycles. The van der Waals surface area contributed by atoms with E-state index in [2.05, 4.69) is 10.5 Å². The second-order valence-electron chi connectivity index (χ2n) is 8.53.